The lowest BCUT2D eigenvalue weighted by molar-refractivity contribution is -0.126. The molecule has 4 nitrogen and oxygen atoms in total. The fourth-order valence-corrected chi connectivity index (χ4v) is 1.49. The number of piperidine rings is 1. The van der Waals surface area contributed by atoms with E-state index < -0.39 is 0 Å². The molecule has 2 atom stereocenters. The molecule has 1 fully saturated rings. The highest BCUT2D eigenvalue weighted by atomic mass is 16.2. The minimum atomic E-state index is -0.0293. The summed E-state index contributed by atoms with van der Waals surface area (Å²) in [5.74, 6) is 5.11. The van der Waals surface area contributed by atoms with Crippen molar-refractivity contribution in [3.8, 4) is 0 Å². The maximum absolute atomic E-state index is 11.0. The summed E-state index contributed by atoms with van der Waals surface area (Å²) in [6.07, 6.45) is 1.79. The van der Waals surface area contributed by atoms with Gasteiger partial charge in [-0.1, -0.05) is 0 Å². The molecule has 1 saturated heterocycles. The van der Waals surface area contributed by atoms with Gasteiger partial charge >= 0.3 is 0 Å². The van der Waals surface area contributed by atoms with E-state index in [2.05, 4.69) is 17.7 Å². The van der Waals surface area contributed by atoms with Gasteiger partial charge in [-0.05, 0) is 26.3 Å². The molecule has 1 rings (SSSR count). The van der Waals surface area contributed by atoms with Gasteiger partial charge in [0.2, 0.25) is 5.91 Å². The van der Waals surface area contributed by atoms with Crippen molar-refractivity contribution < 1.29 is 4.79 Å². The predicted octanol–water partition coefficient (Wildman–Crippen LogP) is -0.636. The molecular formula is C7H15N3O. The van der Waals surface area contributed by atoms with Crippen LogP contribution in [0.15, 0.2) is 0 Å². The Hall–Kier alpha value is -0.610. The number of hydrogen-bond donors (Lipinski definition) is 3. The van der Waals surface area contributed by atoms with Crippen LogP contribution in [0.4, 0.5) is 0 Å². The number of nitrogens with one attached hydrogen (secondary N) is 2. The molecule has 0 unspecified atom stereocenters. The largest absolute Gasteiger partial charge is 0.314 e. The summed E-state index contributed by atoms with van der Waals surface area (Å²) < 4.78 is 0. The van der Waals surface area contributed by atoms with Crippen molar-refractivity contribution in [1.82, 2.24) is 10.7 Å². The third kappa shape index (κ3) is 2.17. The van der Waals surface area contributed by atoms with E-state index in [0.717, 1.165) is 19.4 Å². The van der Waals surface area contributed by atoms with Crippen LogP contribution in [0.1, 0.15) is 19.8 Å². The van der Waals surface area contributed by atoms with Gasteiger partial charge in [0.15, 0.2) is 0 Å². The van der Waals surface area contributed by atoms with Crippen LogP contribution in [0, 0.1) is 5.92 Å². The maximum atomic E-state index is 11.0. The first-order chi connectivity index (χ1) is 5.24. The molecule has 1 aliphatic rings. The van der Waals surface area contributed by atoms with Crippen LogP contribution >= 0.6 is 0 Å². The molecule has 11 heavy (non-hydrogen) atoms. The van der Waals surface area contributed by atoms with Crippen LogP contribution in [-0.4, -0.2) is 18.5 Å². The summed E-state index contributed by atoms with van der Waals surface area (Å²) in [7, 11) is 0. The monoisotopic (exact) mass is 157 g/mol. The van der Waals surface area contributed by atoms with Crippen LogP contribution < -0.4 is 16.6 Å². The third-order valence-corrected chi connectivity index (χ3v) is 2.14. The van der Waals surface area contributed by atoms with Gasteiger partial charge in [0.25, 0.3) is 0 Å². The first-order valence-electron chi connectivity index (χ1n) is 3.98. The lowest BCUT2D eigenvalue weighted by atomic mass is 9.93. The number of carbonyl (C=O) groups excluding carboxylic acids is 1. The van der Waals surface area contributed by atoms with Crippen molar-refractivity contribution in [3.05, 3.63) is 0 Å². The average Bonchev–Trinajstić information content (AvgIpc) is 2.03. The third-order valence-electron chi connectivity index (χ3n) is 2.14. The van der Waals surface area contributed by atoms with Crippen molar-refractivity contribution in [1.29, 1.82) is 0 Å². The van der Waals surface area contributed by atoms with Crippen LogP contribution in [0.3, 0.4) is 0 Å². The normalized spacial score (nSPS) is 31.5. The maximum Gasteiger partial charge on any atom is 0.237 e. The molecule has 0 saturated carbocycles. The zero-order chi connectivity index (χ0) is 8.27. The summed E-state index contributed by atoms with van der Waals surface area (Å²) in [6, 6.07) is 0.436. The molecule has 0 spiro atoms. The Labute approximate surface area is 66.5 Å². The zero-order valence-corrected chi connectivity index (χ0v) is 6.76. The van der Waals surface area contributed by atoms with Crippen LogP contribution in [0.25, 0.3) is 0 Å². The lowest BCUT2D eigenvalue weighted by Gasteiger charge is -2.26. The van der Waals surface area contributed by atoms with Crippen LogP contribution in [-0.2, 0) is 4.79 Å². The second kappa shape index (κ2) is 3.69. The Morgan fingerprint density at radius 2 is 2.45 bits per heavy atom. The van der Waals surface area contributed by atoms with Gasteiger partial charge in [-0.2, -0.15) is 0 Å². The average molecular weight is 157 g/mol. The van der Waals surface area contributed by atoms with Crippen molar-refractivity contribution in [2.75, 3.05) is 6.54 Å². The fraction of sp³-hybridized carbons (Fsp3) is 0.857. The summed E-state index contributed by atoms with van der Waals surface area (Å²) in [5, 5.41) is 3.27. The first kappa shape index (κ1) is 8.49. The predicted molar refractivity (Wildman–Crippen MR) is 42.5 cm³/mol. The lowest BCUT2D eigenvalue weighted by Crippen LogP contribution is -2.44. The summed E-state index contributed by atoms with van der Waals surface area (Å²) in [6.45, 7) is 3.00. The number of nitrogens with two attached hydrogens (primary N) is 1. The zero-order valence-electron chi connectivity index (χ0n) is 6.76. The number of hydrogen-bond acceptors (Lipinski definition) is 3. The molecule has 0 aromatic rings. The van der Waals surface area contributed by atoms with E-state index in [4.69, 9.17) is 5.84 Å². The molecule has 0 aromatic carbocycles. The Morgan fingerprint density at radius 1 is 1.73 bits per heavy atom. The molecule has 1 heterocycles. The molecule has 1 aliphatic heterocycles. The topological polar surface area (TPSA) is 67.2 Å². The molecule has 4 N–H and O–H groups in total. The summed E-state index contributed by atoms with van der Waals surface area (Å²) >= 11 is 0. The number of rotatable bonds is 1. The Kier molecular flexibility index (Phi) is 2.84. The second-order valence-electron chi connectivity index (χ2n) is 3.09. The highest BCUT2D eigenvalue weighted by Gasteiger charge is 2.23. The number of carbonyl (C=O) groups is 1. The number of amides is 1. The van der Waals surface area contributed by atoms with Gasteiger partial charge in [-0.15, -0.1) is 0 Å². The molecule has 1 amide bonds. The summed E-state index contributed by atoms with van der Waals surface area (Å²) in [5.41, 5.74) is 2.19. The van der Waals surface area contributed by atoms with Gasteiger partial charge in [-0.3, -0.25) is 10.2 Å². The Bertz CT molecular complexity index is 149. The minimum absolute atomic E-state index is 0.0293. The van der Waals surface area contributed by atoms with Gasteiger partial charge in [0, 0.05) is 12.0 Å². The van der Waals surface area contributed by atoms with Crippen molar-refractivity contribution in [2.24, 2.45) is 11.8 Å². The standard InChI is InChI=1S/C7H15N3O/c1-5-4-6(2-3-9-5)7(11)10-8/h5-6,9H,2-4,8H2,1H3,(H,10,11)/t5-,6-/m0/s1. The fourth-order valence-electron chi connectivity index (χ4n) is 1.49. The second-order valence-corrected chi connectivity index (χ2v) is 3.09. The van der Waals surface area contributed by atoms with Gasteiger partial charge in [0.1, 0.15) is 0 Å². The summed E-state index contributed by atoms with van der Waals surface area (Å²) in [4.78, 5) is 11.0. The van der Waals surface area contributed by atoms with Crippen molar-refractivity contribution in [3.63, 3.8) is 0 Å². The minimum Gasteiger partial charge on any atom is -0.314 e. The van der Waals surface area contributed by atoms with Gasteiger partial charge in [0.05, 0.1) is 0 Å². The van der Waals surface area contributed by atoms with E-state index in [1.54, 1.807) is 0 Å². The van der Waals surface area contributed by atoms with E-state index in [1.165, 1.54) is 0 Å². The molecular weight excluding hydrogens is 142 g/mol. The van der Waals surface area contributed by atoms with E-state index in [1.807, 2.05) is 0 Å². The van der Waals surface area contributed by atoms with E-state index in [0.29, 0.717) is 6.04 Å². The quantitative estimate of drug-likeness (QED) is 0.269. The molecule has 0 aliphatic carbocycles. The van der Waals surface area contributed by atoms with Gasteiger partial charge < -0.3 is 5.32 Å². The SMILES string of the molecule is C[C@H]1C[C@@H](C(=O)NN)CCN1. The van der Waals surface area contributed by atoms with Crippen molar-refractivity contribution in [2.45, 2.75) is 25.8 Å². The van der Waals surface area contributed by atoms with Crippen LogP contribution in [0.2, 0.25) is 0 Å². The molecule has 0 aromatic heterocycles. The van der Waals surface area contributed by atoms with E-state index in [-0.39, 0.29) is 11.8 Å². The highest BCUT2D eigenvalue weighted by Crippen LogP contribution is 2.15. The molecule has 0 bridgehead atoms. The molecule has 4 heteroatoms. The molecule has 0 radical (unpaired) electrons. The van der Waals surface area contributed by atoms with Crippen molar-refractivity contribution >= 4 is 5.91 Å². The Balaban J connectivity index is 2.39. The van der Waals surface area contributed by atoms with Gasteiger partial charge in [-0.25, -0.2) is 5.84 Å². The van der Waals surface area contributed by atoms with Crippen LogP contribution in [0.5, 0.6) is 0 Å². The smallest absolute Gasteiger partial charge is 0.237 e. The molecule has 64 valence electrons. The van der Waals surface area contributed by atoms with E-state index in [9.17, 15) is 4.79 Å². The number of hydrazine groups is 1. The Morgan fingerprint density at radius 3 is 3.00 bits per heavy atom. The van der Waals surface area contributed by atoms with E-state index >= 15 is 0 Å². The highest BCUT2D eigenvalue weighted by molar-refractivity contribution is 5.78. The first-order valence-corrected chi connectivity index (χ1v) is 3.98.